The second kappa shape index (κ2) is 7.48. The normalized spacial score (nSPS) is 16.4. The van der Waals surface area contributed by atoms with Crippen LogP contribution >= 0.6 is 11.6 Å². The average Bonchev–Trinajstić information content (AvgIpc) is 2.93. The van der Waals surface area contributed by atoms with E-state index in [4.69, 9.17) is 11.6 Å². The van der Waals surface area contributed by atoms with Gasteiger partial charge in [0, 0.05) is 12.6 Å². The van der Waals surface area contributed by atoms with Crippen molar-refractivity contribution < 1.29 is 4.39 Å². The molecule has 3 nitrogen and oxygen atoms in total. The zero-order valence-corrected chi connectivity index (χ0v) is 12.5. The van der Waals surface area contributed by atoms with Gasteiger partial charge in [0.1, 0.15) is 5.82 Å². The van der Waals surface area contributed by atoms with Crippen LogP contribution in [0.25, 0.3) is 0 Å². The molecule has 0 aromatic heterocycles. The third kappa shape index (κ3) is 4.37. The molecule has 1 aromatic rings. The van der Waals surface area contributed by atoms with E-state index in [0.29, 0.717) is 12.6 Å². The smallest absolute Gasteiger partial charge is 0.191 e. The van der Waals surface area contributed by atoms with Gasteiger partial charge in [-0.05, 0) is 37.5 Å². The Bertz CT molecular complexity index is 470. The number of nitrogens with one attached hydrogen (secondary N) is 2. The minimum Gasteiger partial charge on any atom is -0.357 e. The summed E-state index contributed by atoms with van der Waals surface area (Å²) in [6, 6.07) is 5.23. The summed E-state index contributed by atoms with van der Waals surface area (Å²) in [4.78, 5) is 4.53. The molecule has 0 atom stereocenters. The minimum atomic E-state index is -0.393. The molecule has 110 valence electrons. The van der Waals surface area contributed by atoms with Gasteiger partial charge in [-0.1, -0.05) is 30.5 Å². The van der Waals surface area contributed by atoms with Gasteiger partial charge in [-0.3, -0.25) is 0 Å². The highest BCUT2D eigenvalue weighted by atomic mass is 35.5. The summed E-state index contributed by atoms with van der Waals surface area (Å²) in [5.41, 5.74) is 0.903. The quantitative estimate of drug-likeness (QED) is 0.659. The number of hydrogen-bond acceptors (Lipinski definition) is 1. The van der Waals surface area contributed by atoms with Gasteiger partial charge in [0.15, 0.2) is 5.96 Å². The van der Waals surface area contributed by atoms with Crippen molar-refractivity contribution in [2.24, 2.45) is 4.99 Å². The maximum absolute atomic E-state index is 13.1. The molecule has 2 N–H and O–H groups in total. The molecular weight excluding hydrogens is 277 g/mol. The Labute approximate surface area is 124 Å². The predicted octanol–water partition coefficient (Wildman–Crippen LogP) is 3.48. The Hall–Kier alpha value is -1.29. The molecule has 5 heteroatoms. The van der Waals surface area contributed by atoms with Gasteiger partial charge in [-0.25, -0.2) is 9.38 Å². The van der Waals surface area contributed by atoms with Gasteiger partial charge < -0.3 is 10.6 Å². The van der Waals surface area contributed by atoms with E-state index < -0.39 is 5.82 Å². The van der Waals surface area contributed by atoms with Crippen LogP contribution in [0.15, 0.2) is 23.2 Å². The maximum atomic E-state index is 13.1. The van der Waals surface area contributed by atoms with Crippen molar-refractivity contribution in [2.45, 2.75) is 45.2 Å². The standard InChI is InChI=1S/C15H21ClFN3/c1-2-18-15(20-12-5-3-4-6-12)19-10-11-7-8-14(17)13(16)9-11/h7-9,12H,2-6,10H2,1H3,(H2,18,19,20). The highest BCUT2D eigenvalue weighted by Crippen LogP contribution is 2.18. The Morgan fingerprint density at radius 1 is 1.40 bits per heavy atom. The molecule has 0 spiro atoms. The molecule has 0 radical (unpaired) electrons. The summed E-state index contributed by atoms with van der Waals surface area (Å²) < 4.78 is 13.1. The van der Waals surface area contributed by atoms with E-state index in [-0.39, 0.29) is 5.02 Å². The molecule has 20 heavy (non-hydrogen) atoms. The zero-order chi connectivity index (χ0) is 14.4. The Balaban J connectivity index is 1.98. The van der Waals surface area contributed by atoms with Crippen LogP contribution in [0.1, 0.15) is 38.2 Å². The third-order valence-electron chi connectivity index (χ3n) is 3.44. The maximum Gasteiger partial charge on any atom is 0.191 e. The summed E-state index contributed by atoms with van der Waals surface area (Å²) in [7, 11) is 0. The Morgan fingerprint density at radius 2 is 2.15 bits per heavy atom. The fraction of sp³-hybridized carbons (Fsp3) is 0.533. The SMILES string of the molecule is CCNC(=NCc1ccc(F)c(Cl)c1)NC1CCCC1. The van der Waals surface area contributed by atoms with Crippen LogP contribution in [0.2, 0.25) is 5.02 Å². The summed E-state index contributed by atoms with van der Waals surface area (Å²) in [5.74, 6) is 0.426. The van der Waals surface area contributed by atoms with Crippen molar-refractivity contribution >= 4 is 17.6 Å². The summed E-state index contributed by atoms with van der Waals surface area (Å²) in [6.45, 7) is 3.35. The Kier molecular flexibility index (Phi) is 5.65. The lowest BCUT2D eigenvalue weighted by Crippen LogP contribution is -2.42. The summed E-state index contributed by atoms with van der Waals surface area (Å²) in [5, 5.41) is 6.83. The van der Waals surface area contributed by atoms with Crippen LogP contribution in [0, 0.1) is 5.82 Å². The van der Waals surface area contributed by atoms with E-state index in [2.05, 4.69) is 15.6 Å². The van der Waals surface area contributed by atoms with E-state index >= 15 is 0 Å². The van der Waals surface area contributed by atoms with Crippen LogP contribution in [-0.2, 0) is 6.54 Å². The van der Waals surface area contributed by atoms with Crippen molar-refractivity contribution in [1.82, 2.24) is 10.6 Å². The van der Waals surface area contributed by atoms with Gasteiger partial charge in [0.25, 0.3) is 0 Å². The first-order chi connectivity index (χ1) is 9.69. The molecule has 1 aromatic carbocycles. The average molecular weight is 298 g/mol. The predicted molar refractivity (Wildman–Crippen MR) is 81.6 cm³/mol. The minimum absolute atomic E-state index is 0.145. The molecule has 1 aliphatic carbocycles. The van der Waals surface area contributed by atoms with Crippen LogP contribution in [0.5, 0.6) is 0 Å². The number of hydrogen-bond donors (Lipinski definition) is 2. The number of benzene rings is 1. The third-order valence-corrected chi connectivity index (χ3v) is 3.73. The van der Waals surface area contributed by atoms with E-state index in [1.165, 1.54) is 31.7 Å². The molecule has 2 rings (SSSR count). The van der Waals surface area contributed by atoms with Crippen LogP contribution < -0.4 is 10.6 Å². The van der Waals surface area contributed by atoms with Crippen LogP contribution in [0.3, 0.4) is 0 Å². The lowest BCUT2D eigenvalue weighted by atomic mass is 10.2. The number of halogens is 2. The first kappa shape index (κ1) is 15.1. The first-order valence-corrected chi connectivity index (χ1v) is 7.55. The molecule has 1 aliphatic rings. The lowest BCUT2D eigenvalue weighted by molar-refractivity contribution is 0.613. The second-order valence-corrected chi connectivity index (χ2v) is 5.48. The largest absolute Gasteiger partial charge is 0.357 e. The van der Waals surface area contributed by atoms with Gasteiger partial charge in [0.05, 0.1) is 11.6 Å². The van der Waals surface area contributed by atoms with Gasteiger partial charge in [-0.15, -0.1) is 0 Å². The lowest BCUT2D eigenvalue weighted by Gasteiger charge is -2.16. The molecule has 0 aliphatic heterocycles. The molecular formula is C15H21ClFN3. The second-order valence-electron chi connectivity index (χ2n) is 5.07. The zero-order valence-electron chi connectivity index (χ0n) is 11.8. The van der Waals surface area contributed by atoms with Gasteiger partial charge in [0.2, 0.25) is 0 Å². The van der Waals surface area contributed by atoms with E-state index in [9.17, 15) is 4.39 Å². The first-order valence-electron chi connectivity index (χ1n) is 7.18. The molecule has 0 bridgehead atoms. The van der Waals surface area contributed by atoms with Crippen molar-refractivity contribution in [1.29, 1.82) is 0 Å². The molecule has 1 fully saturated rings. The van der Waals surface area contributed by atoms with E-state index in [1.54, 1.807) is 12.1 Å². The summed E-state index contributed by atoms with van der Waals surface area (Å²) in [6.07, 6.45) is 4.97. The molecule has 0 heterocycles. The van der Waals surface area contributed by atoms with E-state index in [1.807, 2.05) is 6.92 Å². The molecule has 0 amide bonds. The monoisotopic (exact) mass is 297 g/mol. The van der Waals surface area contributed by atoms with Crippen molar-refractivity contribution in [3.05, 3.63) is 34.6 Å². The van der Waals surface area contributed by atoms with Gasteiger partial charge >= 0.3 is 0 Å². The van der Waals surface area contributed by atoms with Crippen molar-refractivity contribution in [2.75, 3.05) is 6.54 Å². The molecule has 0 saturated heterocycles. The number of rotatable bonds is 4. The van der Waals surface area contributed by atoms with Crippen LogP contribution in [-0.4, -0.2) is 18.5 Å². The molecule has 1 saturated carbocycles. The number of guanidine groups is 1. The van der Waals surface area contributed by atoms with Gasteiger partial charge in [-0.2, -0.15) is 0 Å². The van der Waals surface area contributed by atoms with Crippen molar-refractivity contribution in [3.63, 3.8) is 0 Å². The fourth-order valence-electron chi connectivity index (χ4n) is 2.39. The number of nitrogens with zero attached hydrogens (tertiary/aromatic N) is 1. The topological polar surface area (TPSA) is 36.4 Å². The van der Waals surface area contributed by atoms with Crippen LogP contribution in [0.4, 0.5) is 4.39 Å². The Morgan fingerprint density at radius 3 is 2.80 bits per heavy atom. The molecule has 0 unspecified atom stereocenters. The fourth-order valence-corrected chi connectivity index (χ4v) is 2.59. The number of aliphatic imine (C=N–C) groups is 1. The summed E-state index contributed by atoms with van der Waals surface area (Å²) >= 11 is 5.77. The highest BCUT2D eigenvalue weighted by Gasteiger charge is 2.15. The van der Waals surface area contributed by atoms with Crippen molar-refractivity contribution in [3.8, 4) is 0 Å². The highest BCUT2D eigenvalue weighted by molar-refractivity contribution is 6.30. The van der Waals surface area contributed by atoms with E-state index in [0.717, 1.165) is 18.1 Å².